The molecule has 0 aliphatic carbocycles. The summed E-state index contributed by atoms with van der Waals surface area (Å²) in [6.45, 7) is 5.14. The molecule has 0 aromatic heterocycles. The van der Waals surface area contributed by atoms with E-state index >= 15 is 0 Å². The molecule has 2 rings (SSSR count). The van der Waals surface area contributed by atoms with Gasteiger partial charge in [-0.15, -0.1) is 0 Å². The smallest absolute Gasteiger partial charge is 0.0712 e. The third kappa shape index (κ3) is 4.30. The Morgan fingerprint density at radius 2 is 1.79 bits per heavy atom. The molecule has 1 heterocycles. The molecule has 1 aliphatic heterocycles. The number of aliphatic hydroxyl groups excluding tert-OH is 1. The minimum atomic E-state index is -0.551. The summed E-state index contributed by atoms with van der Waals surface area (Å²) in [4.78, 5) is 2.33. The molecule has 1 aromatic rings. The highest BCUT2D eigenvalue weighted by atomic mass is 16.3. The molecule has 1 aliphatic rings. The predicted octanol–water partition coefficient (Wildman–Crippen LogP) is 1.75. The molecule has 0 bridgehead atoms. The normalized spacial score (nSPS) is 19.5. The third-order valence-electron chi connectivity index (χ3n) is 4.07. The highest BCUT2D eigenvalue weighted by Gasteiger charge is 2.31. The first-order valence-corrected chi connectivity index (χ1v) is 7.22. The van der Waals surface area contributed by atoms with Crippen LogP contribution in [0.5, 0.6) is 0 Å². The van der Waals surface area contributed by atoms with Crippen molar-refractivity contribution in [3.8, 4) is 0 Å². The summed E-state index contributed by atoms with van der Waals surface area (Å²) in [5, 5.41) is 19.5. The minimum Gasteiger partial charge on any atom is -0.396 e. The van der Waals surface area contributed by atoms with E-state index in [9.17, 15) is 5.11 Å². The Morgan fingerprint density at radius 3 is 2.37 bits per heavy atom. The molecular formula is C16H25NO2. The number of benzene rings is 1. The number of likely N-dealkylation sites (tertiary alicyclic amines) is 1. The number of hydrogen-bond acceptors (Lipinski definition) is 3. The molecule has 106 valence electrons. The number of hydrogen-bond donors (Lipinski definition) is 2. The van der Waals surface area contributed by atoms with Gasteiger partial charge in [0.15, 0.2) is 0 Å². The van der Waals surface area contributed by atoms with Gasteiger partial charge >= 0.3 is 0 Å². The second kappa shape index (κ2) is 6.51. The van der Waals surface area contributed by atoms with Gasteiger partial charge in [-0.25, -0.2) is 0 Å². The number of rotatable bonds is 5. The molecule has 3 nitrogen and oxygen atoms in total. The van der Waals surface area contributed by atoms with E-state index in [0.29, 0.717) is 0 Å². The van der Waals surface area contributed by atoms with Crippen LogP contribution in [0.2, 0.25) is 0 Å². The average molecular weight is 263 g/mol. The van der Waals surface area contributed by atoms with Crippen LogP contribution in [-0.4, -0.2) is 47.0 Å². The van der Waals surface area contributed by atoms with Crippen molar-refractivity contribution >= 4 is 0 Å². The van der Waals surface area contributed by atoms with E-state index in [1.165, 1.54) is 11.1 Å². The highest BCUT2D eigenvalue weighted by molar-refractivity contribution is 5.23. The molecule has 1 fully saturated rings. The summed E-state index contributed by atoms with van der Waals surface area (Å²) < 4.78 is 0. The second-order valence-electron chi connectivity index (χ2n) is 5.81. The van der Waals surface area contributed by atoms with E-state index < -0.39 is 5.60 Å². The van der Waals surface area contributed by atoms with Crippen molar-refractivity contribution in [2.45, 2.75) is 38.2 Å². The molecule has 0 unspecified atom stereocenters. The number of aryl methyl sites for hydroxylation is 1. The zero-order chi connectivity index (χ0) is 13.7. The van der Waals surface area contributed by atoms with Gasteiger partial charge in [0.25, 0.3) is 0 Å². The standard InChI is InChI=1S/C16H25NO2/c1-14-3-5-15(6-4-14)13-16(19)7-10-17(11-8-16)9-2-12-18/h3-6,18-19H,2,7-13H2,1H3. The van der Waals surface area contributed by atoms with Crippen LogP contribution in [-0.2, 0) is 6.42 Å². The van der Waals surface area contributed by atoms with Crippen LogP contribution in [0.25, 0.3) is 0 Å². The van der Waals surface area contributed by atoms with Crippen molar-refractivity contribution in [3.63, 3.8) is 0 Å². The zero-order valence-corrected chi connectivity index (χ0v) is 11.8. The lowest BCUT2D eigenvalue weighted by atomic mass is 9.85. The quantitative estimate of drug-likeness (QED) is 0.850. The fourth-order valence-corrected chi connectivity index (χ4v) is 2.75. The van der Waals surface area contributed by atoms with Crippen LogP contribution in [0.15, 0.2) is 24.3 Å². The predicted molar refractivity (Wildman–Crippen MR) is 77.2 cm³/mol. The van der Waals surface area contributed by atoms with Crippen molar-refractivity contribution in [3.05, 3.63) is 35.4 Å². The van der Waals surface area contributed by atoms with Crippen LogP contribution in [0, 0.1) is 6.92 Å². The van der Waals surface area contributed by atoms with Crippen LogP contribution in [0.1, 0.15) is 30.4 Å². The van der Waals surface area contributed by atoms with Crippen molar-refractivity contribution in [1.82, 2.24) is 4.90 Å². The fourth-order valence-electron chi connectivity index (χ4n) is 2.75. The third-order valence-corrected chi connectivity index (χ3v) is 4.07. The van der Waals surface area contributed by atoms with E-state index in [1.54, 1.807) is 0 Å². The lowest BCUT2D eigenvalue weighted by molar-refractivity contribution is -0.0213. The minimum absolute atomic E-state index is 0.254. The second-order valence-corrected chi connectivity index (χ2v) is 5.81. The van der Waals surface area contributed by atoms with Crippen LogP contribution in [0.4, 0.5) is 0 Å². The summed E-state index contributed by atoms with van der Waals surface area (Å²) in [7, 11) is 0. The Morgan fingerprint density at radius 1 is 1.16 bits per heavy atom. The van der Waals surface area contributed by atoms with Gasteiger partial charge in [0.1, 0.15) is 0 Å². The lowest BCUT2D eigenvalue weighted by Crippen LogP contribution is -2.46. The molecule has 19 heavy (non-hydrogen) atoms. The molecule has 1 saturated heterocycles. The van der Waals surface area contributed by atoms with Crippen LogP contribution < -0.4 is 0 Å². The molecular weight excluding hydrogens is 238 g/mol. The summed E-state index contributed by atoms with van der Waals surface area (Å²) in [6.07, 6.45) is 3.23. The maximum Gasteiger partial charge on any atom is 0.0712 e. The van der Waals surface area contributed by atoms with Gasteiger partial charge in [-0.1, -0.05) is 29.8 Å². The summed E-state index contributed by atoms with van der Waals surface area (Å²) in [6, 6.07) is 8.45. The van der Waals surface area contributed by atoms with E-state index in [0.717, 1.165) is 45.3 Å². The fraction of sp³-hybridized carbons (Fsp3) is 0.625. The van der Waals surface area contributed by atoms with Gasteiger partial charge in [0, 0.05) is 32.7 Å². The van der Waals surface area contributed by atoms with Gasteiger partial charge in [0.2, 0.25) is 0 Å². The Bertz CT molecular complexity index is 380. The Labute approximate surface area is 115 Å². The largest absolute Gasteiger partial charge is 0.396 e. The number of nitrogens with zero attached hydrogens (tertiary/aromatic N) is 1. The van der Waals surface area contributed by atoms with Crippen LogP contribution >= 0.6 is 0 Å². The van der Waals surface area contributed by atoms with E-state index in [2.05, 4.69) is 36.1 Å². The molecule has 0 radical (unpaired) electrons. The Balaban J connectivity index is 1.85. The van der Waals surface area contributed by atoms with Crippen LogP contribution in [0.3, 0.4) is 0 Å². The van der Waals surface area contributed by atoms with Crippen molar-refractivity contribution < 1.29 is 10.2 Å². The maximum atomic E-state index is 10.7. The van der Waals surface area contributed by atoms with E-state index in [4.69, 9.17) is 5.11 Å². The molecule has 1 aromatic carbocycles. The molecule has 0 spiro atoms. The van der Waals surface area contributed by atoms with E-state index in [1.807, 2.05) is 0 Å². The molecule has 2 N–H and O–H groups in total. The highest BCUT2D eigenvalue weighted by Crippen LogP contribution is 2.26. The Kier molecular flexibility index (Phi) is 4.97. The van der Waals surface area contributed by atoms with Gasteiger partial charge in [-0.3, -0.25) is 0 Å². The SMILES string of the molecule is Cc1ccc(CC2(O)CCN(CCCO)CC2)cc1. The summed E-state index contributed by atoms with van der Waals surface area (Å²) >= 11 is 0. The number of aliphatic hydroxyl groups is 2. The topological polar surface area (TPSA) is 43.7 Å². The van der Waals surface area contributed by atoms with Crippen molar-refractivity contribution in [1.29, 1.82) is 0 Å². The lowest BCUT2D eigenvalue weighted by Gasteiger charge is -2.38. The van der Waals surface area contributed by atoms with Crippen molar-refractivity contribution in [2.75, 3.05) is 26.2 Å². The maximum absolute atomic E-state index is 10.7. The molecule has 0 saturated carbocycles. The first kappa shape index (κ1) is 14.5. The first-order valence-electron chi connectivity index (χ1n) is 7.22. The van der Waals surface area contributed by atoms with Gasteiger partial charge < -0.3 is 15.1 Å². The molecule has 3 heteroatoms. The zero-order valence-electron chi connectivity index (χ0n) is 11.8. The Hall–Kier alpha value is -0.900. The number of piperidine rings is 1. The van der Waals surface area contributed by atoms with Gasteiger partial charge in [-0.05, 0) is 31.7 Å². The molecule has 0 amide bonds. The van der Waals surface area contributed by atoms with Crippen molar-refractivity contribution in [2.24, 2.45) is 0 Å². The van der Waals surface area contributed by atoms with E-state index in [-0.39, 0.29) is 6.61 Å². The molecule has 0 atom stereocenters. The van der Waals surface area contributed by atoms with Gasteiger partial charge in [0.05, 0.1) is 5.60 Å². The summed E-state index contributed by atoms with van der Waals surface area (Å²) in [5.41, 5.74) is 1.93. The summed E-state index contributed by atoms with van der Waals surface area (Å²) in [5.74, 6) is 0. The monoisotopic (exact) mass is 263 g/mol. The average Bonchev–Trinajstić information content (AvgIpc) is 2.41. The van der Waals surface area contributed by atoms with Gasteiger partial charge in [-0.2, -0.15) is 0 Å². The first-order chi connectivity index (χ1) is 9.11.